The number of carbonyl (C=O) groups is 2. The minimum Gasteiger partial charge on any atom is -0.497 e. The van der Waals surface area contributed by atoms with Gasteiger partial charge in [0.2, 0.25) is 11.8 Å². The van der Waals surface area contributed by atoms with Crippen LogP contribution in [0.4, 0.5) is 5.69 Å². The van der Waals surface area contributed by atoms with E-state index in [-0.39, 0.29) is 24.9 Å². The molecule has 1 aromatic heterocycles. The first-order valence-electron chi connectivity index (χ1n) is 9.64. The summed E-state index contributed by atoms with van der Waals surface area (Å²) in [7, 11) is 5.06. The van der Waals surface area contributed by atoms with Crippen LogP contribution in [-0.2, 0) is 23.2 Å². The van der Waals surface area contributed by atoms with E-state index >= 15 is 0 Å². The highest BCUT2D eigenvalue weighted by Crippen LogP contribution is 2.16. The highest BCUT2D eigenvalue weighted by molar-refractivity contribution is 5.98. The maximum Gasteiger partial charge on any atom is 0.246 e. The minimum absolute atomic E-state index is 0.0406. The highest BCUT2D eigenvalue weighted by Gasteiger charge is 2.27. The number of amides is 2. The van der Waals surface area contributed by atoms with E-state index in [9.17, 15) is 9.59 Å². The van der Waals surface area contributed by atoms with Gasteiger partial charge in [0, 0.05) is 39.9 Å². The molecular formula is C20H27N7O3. The molecule has 30 heavy (non-hydrogen) atoms. The lowest BCUT2D eigenvalue weighted by Gasteiger charge is -2.35. The fourth-order valence-corrected chi connectivity index (χ4v) is 3.17. The molecule has 2 aromatic rings. The molecule has 1 fully saturated rings. The summed E-state index contributed by atoms with van der Waals surface area (Å²) < 4.78 is 6.79. The summed E-state index contributed by atoms with van der Waals surface area (Å²) in [5.74, 6) is 1.09. The molecule has 10 heteroatoms. The molecule has 1 aromatic carbocycles. The number of methoxy groups -OCH3 is 1. The zero-order valence-corrected chi connectivity index (χ0v) is 17.5. The molecule has 1 saturated heterocycles. The summed E-state index contributed by atoms with van der Waals surface area (Å²) >= 11 is 0. The van der Waals surface area contributed by atoms with Crippen molar-refractivity contribution >= 4 is 23.5 Å². The summed E-state index contributed by atoms with van der Waals surface area (Å²) in [6.07, 6.45) is 3.49. The number of hydrogen-bond donors (Lipinski definition) is 2. The van der Waals surface area contributed by atoms with E-state index in [0.29, 0.717) is 25.6 Å². The van der Waals surface area contributed by atoms with Crippen molar-refractivity contribution in [2.45, 2.75) is 6.54 Å². The van der Waals surface area contributed by atoms with E-state index in [2.05, 4.69) is 20.7 Å². The number of aryl methyl sites for hydroxylation is 1. The van der Waals surface area contributed by atoms with Gasteiger partial charge in [0.25, 0.3) is 0 Å². The van der Waals surface area contributed by atoms with Gasteiger partial charge in [-0.05, 0) is 17.7 Å². The molecule has 0 bridgehead atoms. The second-order valence-electron chi connectivity index (χ2n) is 6.86. The molecule has 0 radical (unpaired) electrons. The van der Waals surface area contributed by atoms with Gasteiger partial charge >= 0.3 is 0 Å². The van der Waals surface area contributed by atoms with Gasteiger partial charge < -0.3 is 25.2 Å². The molecule has 3 rings (SSSR count). The molecule has 1 aliphatic rings. The van der Waals surface area contributed by atoms with Crippen LogP contribution in [0.25, 0.3) is 0 Å². The Morgan fingerprint density at radius 1 is 1.23 bits per heavy atom. The number of benzene rings is 1. The summed E-state index contributed by atoms with van der Waals surface area (Å²) in [6, 6.07) is 7.51. The molecule has 0 atom stereocenters. The molecule has 0 spiro atoms. The Hall–Kier alpha value is -3.56. The summed E-state index contributed by atoms with van der Waals surface area (Å²) in [5.41, 5.74) is 1.76. The van der Waals surface area contributed by atoms with E-state index in [1.165, 1.54) is 0 Å². The third kappa shape index (κ3) is 5.28. The lowest BCUT2D eigenvalue weighted by Crippen LogP contribution is -2.56. The van der Waals surface area contributed by atoms with Gasteiger partial charge in [0.05, 0.1) is 25.5 Å². The van der Waals surface area contributed by atoms with Gasteiger partial charge in [0.1, 0.15) is 12.3 Å². The Morgan fingerprint density at radius 2 is 2.00 bits per heavy atom. The van der Waals surface area contributed by atoms with Gasteiger partial charge in [-0.3, -0.25) is 19.3 Å². The Labute approximate surface area is 175 Å². The second-order valence-corrected chi connectivity index (χ2v) is 6.86. The van der Waals surface area contributed by atoms with Crippen molar-refractivity contribution in [2.75, 3.05) is 45.2 Å². The van der Waals surface area contributed by atoms with E-state index < -0.39 is 0 Å². The van der Waals surface area contributed by atoms with Crippen LogP contribution in [0.3, 0.4) is 0 Å². The van der Waals surface area contributed by atoms with Crippen LogP contribution in [0.15, 0.2) is 41.7 Å². The van der Waals surface area contributed by atoms with E-state index in [1.54, 1.807) is 29.9 Å². The Bertz CT molecular complexity index is 907. The predicted molar refractivity (Wildman–Crippen MR) is 113 cm³/mol. The largest absolute Gasteiger partial charge is 0.497 e. The van der Waals surface area contributed by atoms with Gasteiger partial charge in [-0.25, -0.2) is 0 Å². The zero-order chi connectivity index (χ0) is 21.5. The van der Waals surface area contributed by atoms with Gasteiger partial charge in [-0.1, -0.05) is 12.1 Å². The smallest absolute Gasteiger partial charge is 0.246 e. The maximum atomic E-state index is 12.6. The Balaban J connectivity index is 1.46. The van der Waals surface area contributed by atoms with Crippen molar-refractivity contribution in [1.82, 2.24) is 25.3 Å². The van der Waals surface area contributed by atoms with Crippen molar-refractivity contribution in [3.05, 3.63) is 42.2 Å². The summed E-state index contributed by atoms with van der Waals surface area (Å²) in [4.78, 5) is 32.5. The normalized spacial score (nSPS) is 14.6. The zero-order valence-electron chi connectivity index (χ0n) is 17.5. The Morgan fingerprint density at radius 3 is 2.60 bits per heavy atom. The van der Waals surface area contributed by atoms with Crippen LogP contribution in [-0.4, -0.2) is 72.8 Å². The molecule has 2 N–H and O–H groups in total. The number of hydrogen-bond acceptors (Lipinski definition) is 5. The molecule has 0 aliphatic carbocycles. The number of carbonyl (C=O) groups excluding carboxylic acids is 2. The number of nitrogens with one attached hydrogen (secondary N) is 2. The summed E-state index contributed by atoms with van der Waals surface area (Å²) in [6.45, 7) is 1.80. The molecular weight excluding hydrogens is 386 g/mol. The van der Waals surface area contributed by atoms with Crippen molar-refractivity contribution < 1.29 is 14.3 Å². The molecule has 160 valence electrons. The van der Waals surface area contributed by atoms with E-state index in [1.807, 2.05) is 42.4 Å². The molecule has 2 amide bonds. The minimum atomic E-state index is -0.160. The molecule has 1 aliphatic heterocycles. The second kappa shape index (κ2) is 9.77. The van der Waals surface area contributed by atoms with E-state index in [0.717, 1.165) is 17.0 Å². The Kier molecular flexibility index (Phi) is 6.89. The molecule has 2 heterocycles. The lowest BCUT2D eigenvalue weighted by molar-refractivity contribution is -0.120. The van der Waals surface area contributed by atoms with Crippen molar-refractivity contribution in [2.24, 2.45) is 12.0 Å². The standard InChI is InChI=1S/C20H27N7O3/c1-21-20(23-12-18(28)22-10-15-4-6-17(30-3)7-5-15)26-8-9-27(19(29)14-26)16-11-24-25(2)13-16/h4-7,11,13H,8-10,12,14H2,1-3H3,(H,21,23)(H,22,28). The third-order valence-corrected chi connectivity index (χ3v) is 4.79. The van der Waals surface area contributed by atoms with Gasteiger partial charge in [-0.15, -0.1) is 0 Å². The number of guanidine groups is 1. The van der Waals surface area contributed by atoms with Crippen molar-refractivity contribution in [3.63, 3.8) is 0 Å². The number of aliphatic imine (C=N–C) groups is 1. The number of piperazine rings is 1. The van der Waals surface area contributed by atoms with Crippen LogP contribution in [0.5, 0.6) is 5.75 Å². The fourth-order valence-electron chi connectivity index (χ4n) is 3.17. The van der Waals surface area contributed by atoms with Crippen molar-refractivity contribution in [1.29, 1.82) is 0 Å². The highest BCUT2D eigenvalue weighted by atomic mass is 16.5. The number of rotatable bonds is 6. The van der Waals surface area contributed by atoms with Crippen LogP contribution in [0.1, 0.15) is 5.56 Å². The maximum absolute atomic E-state index is 12.6. The monoisotopic (exact) mass is 413 g/mol. The SMILES string of the molecule is CN=C(NCC(=O)NCc1ccc(OC)cc1)N1CCN(c2cnn(C)c2)C(=O)C1. The van der Waals surface area contributed by atoms with Crippen molar-refractivity contribution in [3.8, 4) is 5.75 Å². The van der Waals surface area contributed by atoms with Crippen LogP contribution in [0, 0.1) is 0 Å². The van der Waals surface area contributed by atoms with Crippen LogP contribution < -0.4 is 20.3 Å². The first-order chi connectivity index (χ1) is 14.5. The average molecular weight is 413 g/mol. The molecule has 0 saturated carbocycles. The topological polar surface area (TPSA) is 104 Å². The average Bonchev–Trinajstić information content (AvgIpc) is 3.19. The van der Waals surface area contributed by atoms with Gasteiger partial charge in [0.15, 0.2) is 5.96 Å². The number of anilines is 1. The predicted octanol–water partition coefficient (Wildman–Crippen LogP) is -0.0309. The fraction of sp³-hybridized carbons (Fsp3) is 0.400. The number of aromatic nitrogens is 2. The van der Waals surface area contributed by atoms with Crippen LogP contribution in [0.2, 0.25) is 0 Å². The number of ether oxygens (including phenoxy) is 1. The van der Waals surface area contributed by atoms with Crippen LogP contribution >= 0.6 is 0 Å². The first kappa shape index (κ1) is 21.2. The molecule has 10 nitrogen and oxygen atoms in total. The molecule has 0 unspecified atom stereocenters. The lowest BCUT2D eigenvalue weighted by atomic mass is 10.2. The number of nitrogens with zero attached hydrogens (tertiary/aromatic N) is 5. The van der Waals surface area contributed by atoms with Gasteiger partial charge in [-0.2, -0.15) is 5.10 Å². The summed E-state index contributed by atoms with van der Waals surface area (Å²) in [5, 5.41) is 10.0. The van der Waals surface area contributed by atoms with E-state index in [4.69, 9.17) is 4.74 Å². The quantitative estimate of drug-likeness (QED) is 0.509. The first-order valence-corrected chi connectivity index (χ1v) is 9.64. The third-order valence-electron chi connectivity index (χ3n) is 4.79.